The van der Waals surface area contributed by atoms with Gasteiger partial charge in [0.25, 0.3) is 5.91 Å². The summed E-state index contributed by atoms with van der Waals surface area (Å²) in [7, 11) is 1.41. The Morgan fingerprint density at radius 3 is 2.75 bits per heavy atom. The number of halogens is 1. The van der Waals surface area contributed by atoms with Gasteiger partial charge < -0.3 is 20.1 Å². The maximum absolute atomic E-state index is 14.5. The Kier molecular flexibility index (Phi) is 5.90. The maximum Gasteiger partial charge on any atom is 0.328 e. The van der Waals surface area contributed by atoms with Crippen molar-refractivity contribution in [2.45, 2.75) is 51.2 Å². The minimum atomic E-state index is -1.14. The van der Waals surface area contributed by atoms with Crippen molar-refractivity contribution in [3.63, 3.8) is 0 Å². The smallest absolute Gasteiger partial charge is 0.328 e. The van der Waals surface area contributed by atoms with Crippen LogP contribution >= 0.6 is 0 Å². The summed E-state index contributed by atoms with van der Waals surface area (Å²) in [5.74, 6) is -0.590. The fraction of sp³-hybridized carbons (Fsp3) is 0.407. The number of amides is 3. The SMILES string of the molecule is COc1cc2c3c([nH]c2cc1F)C(c1cccc(O)c1)N1C(=O)N(CCCNC(C)C)C(=O)C1(C)C3. The summed E-state index contributed by atoms with van der Waals surface area (Å²) in [6.45, 7) is 6.89. The minimum Gasteiger partial charge on any atom is -0.508 e. The molecule has 36 heavy (non-hydrogen) atoms. The normalized spacial score (nSPS) is 21.4. The number of imide groups is 1. The van der Waals surface area contributed by atoms with Crippen LogP contribution in [0.25, 0.3) is 10.9 Å². The Labute approximate surface area is 209 Å². The third kappa shape index (κ3) is 3.69. The molecule has 190 valence electrons. The van der Waals surface area contributed by atoms with E-state index in [1.54, 1.807) is 36.1 Å². The van der Waals surface area contributed by atoms with Crippen LogP contribution in [-0.4, -0.2) is 63.6 Å². The topological polar surface area (TPSA) is 97.9 Å². The number of aromatic amines is 1. The van der Waals surface area contributed by atoms with Crippen molar-refractivity contribution in [1.82, 2.24) is 20.1 Å². The van der Waals surface area contributed by atoms with Gasteiger partial charge in [-0.1, -0.05) is 26.0 Å². The number of aromatic nitrogens is 1. The number of ether oxygens (including phenoxy) is 1. The summed E-state index contributed by atoms with van der Waals surface area (Å²) in [4.78, 5) is 33.8. The summed E-state index contributed by atoms with van der Waals surface area (Å²) in [6.07, 6.45) is 0.916. The summed E-state index contributed by atoms with van der Waals surface area (Å²) in [6, 6.07) is 8.97. The summed E-state index contributed by atoms with van der Waals surface area (Å²) in [5.41, 5.74) is 1.61. The lowest BCUT2D eigenvalue weighted by atomic mass is 9.81. The van der Waals surface area contributed by atoms with Gasteiger partial charge in [-0.2, -0.15) is 0 Å². The molecule has 9 heteroatoms. The van der Waals surface area contributed by atoms with E-state index in [0.29, 0.717) is 42.3 Å². The van der Waals surface area contributed by atoms with Crippen molar-refractivity contribution in [3.8, 4) is 11.5 Å². The quantitative estimate of drug-likeness (QED) is 0.340. The molecule has 3 heterocycles. The van der Waals surface area contributed by atoms with Crippen LogP contribution in [0.2, 0.25) is 0 Å². The van der Waals surface area contributed by atoms with E-state index in [4.69, 9.17) is 4.74 Å². The number of carbonyl (C=O) groups is 2. The van der Waals surface area contributed by atoms with E-state index in [0.717, 1.165) is 10.9 Å². The van der Waals surface area contributed by atoms with Gasteiger partial charge in [0, 0.05) is 41.7 Å². The number of methoxy groups -OCH3 is 1. The van der Waals surface area contributed by atoms with Crippen LogP contribution in [0.5, 0.6) is 11.5 Å². The lowest BCUT2D eigenvalue weighted by molar-refractivity contribution is -0.133. The summed E-state index contributed by atoms with van der Waals surface area (Å²) < 4.78 is 19.7. The molecule has 1 aromatic heterocycles. The highest BCUT2D eigenvalue weighted by molar-refractivity contribution is 6.08. The van der Waals surface area contributed by atoms with E-state index in [-0.39, 0.29) is 29.9 Å². The second-order valence-electron chi connectivity index (χ2n) is 10.1. The van der Waals surface area contributed by atoms with E-state index in [1.807, 2.05) is 19.9 Å². The molecule has 1 fully saturated rings. The van der Waals surface area contributed by atoms with Crippen molar-refractivity contribution in [1.29, 1.82) is 0 Å². The fourth-order valence-electron chi connectivity index (χ4n) is 5.54. The second-order valence-corrected chi connectivity index (χ2v) is 10.1. The van der Waals surface area contributed by atoms with E-state index >= 15 is 0 Å². The van der Waals surface area contributed by atoms with E-state index in [1.165, 1.54) is 18.1 Å². The number of nitrogens with one attached hydrogen (secondary N) is 2. The first-order chi connectivity index (χ1) is 17.2. The molecule has 1 saturated heterocycles. The van der Waals surface area contributed by atoms with Crippen LogP contribution in [0.4, 0.5) is 9.18 Å². The van der Waals surface area contributed by atoms with Crippen LogP contribution in [0.3, 0.4) is 0 Å². The van der Waals surface area contributed by atoms with Gasteiger partial charge >= 0.3 is 6.03 Å². The van der Waals surface area contributed by atoms with Crippen molar-refractivity contribution in [2.24, 2.45) is 0 Å². The Hall–Kier alpha value is -3.59. The largest absolute Gasteiger partial charge is 0.508 e. The standard InChI is InChI=1S/C27H31FN4O4/c1-15(2)29-9-6-10-31-25(34)27(3)14-19-18-12-22(36-4)20(28)13-21(18)30-23(19)24(32(27)26(31)35)16-7-5-8-17(33)11-16/h5,7-8,11-13,15,24,29-30,33H,6,9-10,14H2,1-4H3. The van der Waals surface area contributed by atoms with E-state index < -0.39 is 17.4 Å². The number of hydrogen-bond donors (Lipinski definition) is 3. The zero-order chi connectivity index (χ0) is 25.8. The van der Waals surface area contributed by atoms with Gasteiger partial charge in [-0.05, 0) is 49.2 Å². The molecule has 3 amide bonds. The number of nitrogens with zero attached hydrogens (tertiary/aromatic N) is 2. The average Bonchev–Trinajstić information content (AvgIpc) is 3.26. The number of benzene rings is 2. The molecule has 2 aliphatic heterocycles. The van der Waals surface area contributed by atoms with Crippen LogP contribution < -0.4 is 10.1 Å². The predicted molar refractivity (Wildman–Crippen MR) is 134 cm³/mol. The first-order valence-electron chi connectivity index (χ1n) is 12.2. The third-order valence-corrected chi connectivity index (χ3v) is 7.24. The van der Waals surface area contributed by atoms with Crippen molar-refractivity contribution in [2.75, 3.05) is 20.2 Å². The molecule has 5 rings (SSSR count). The molecule has 3 aromatic rings. The molecular weight excluding hydrogens is 463 g/mol. The van der Waals surface area contributed by atoms with Gasteiger partial charge in [0.15, 0.2) is 11.6 Å². The Morgan fingerprint density at radius 1 is 1.28 bits per heavy atom. The molecule has 2 atom stereocenters. The highest BCUT2D eigenvalue weighted by atomic mass is 19.1. The molecule has 2 unspecified atom stereocenters. The zero-order valence-electron chi connectivity index (χ0n) is 20.9. The first-order valence-corrected chi connectivity index (χ1v) is 12.2. The summed E-state index contributed by atoms with van der Waals surface area (Å²) in [5, 5.41) is 14.3. The molecule has 0 spiro atoms. The van der Waals surface area contributed by atoms with E-state index in [2.05, 4.69) is 10.3 Å². The Bertz CT molecular complexity index is 1350. The van der Waals surface area contributed by atoms with E-state index in [9.17, 15) is 19.1 Å². The highest BCUT2D eigenvalue weighted by Gasteiger charge is 2.60. The molecular formula is C27H31FN4O4. The Balaban J connectivity index is 1.63. The van der Waals surface area contributed by atoms with Gasteiger partial charge in [-0.25, -0.2) is 9.18 Å². The summed E-state index contributed by atoms with van der Waals surface area (Å²) >= 11 is 0. The van der Waals surface area contributed by atoms with Crippen LogP contribution in [0, 0.1) is 5.82 Å². The fourth-order valence-corrected chi connectivity index (χ4v) is 5.54. The number of urea groups is 1. The molecule has 0 bridgehead atoms. The second kappa shape index (κ2) is 8.81. The van der Waals surface area contributed by atoms with Crippen LogP contribution in [-0.2, 0) is 11.2 Å². The number of hydrogen-bond acceptors (Lipinski definition) is 5. The number of rotatable bonds is 7. The predicted octanol–water partition coefficient (Wildman–Crippen LogP) is 4.08. The molecule has 0 aliphatic carbocycles. The van der Waals surface area contributed by atoms with Gasteiger partial charge in [-0.15, -0.1) is 0 Å². The van der Waals surface area contributed by atoms with Gasteiger partial charge in [0.2, 0.25) is 0 Å². The number of H-pyrrole nitrogens is 1. The molecule has 3 N–H and O–H groups in total. The molecule has 2 aliphatic rings. The third-order valence-electron chi connectivity index (χ3n) is 7.24. The lowest BCUT2D eigenvalue weighted by Gasteiger charge is -2.42. The van der Waals surface area contributed by atoms with Crippen molar-refractivity contribution < 1.29 is 23.8 Å². The number of carbonyl (C=O) groups excluding carboxylic acids is 2. The van der Waals surface area contributed by atoms with Gasteiger partial charge in [0.05, 0.1) is 7.11 Å². The Morgan fingerprint density at radius 2 is 2.06 bits per heavy atom. The molecule has 2 aromatic carbocycles. The van der Waals surface area contributed by atoms with Gasteiger partial charge in [0.1, 0.15) is 17.3 Å². The monoisotopic (exact) mass is 494 g/mol. The van der Waals surface area contributed by atoms with Gasteiger partial charge in [-0.3, -0.25) is 14.6 Å². The number of phenolic OH excluding ortho intramolecular Hbond substituents is 1. The first kappa shape index (κ1) is 24.1. The number of aromatic hydroxyl groups is 1. The average molecular weight is 495 g/mol. The van der Waals surface area contributed by atoms with Crippen LogP contribution in [0.1, 0.15) is 50.1 Å². The number of fused-ring (bicyclic) bond motifs is 4. The zero-order valence-corrected chi connectivity index (χ0v) is 20.9. The van der Waals surface area contributed by atoms with Crippen molar-refractivity contribution in [3.05, 3.63) is 59.0 Å². The maximum atomic E-state index is 14.5. The van der Waals surface area contributed by atoms with Crippen molar-refractivity contribution >= 4 is 22.8 Å². The number of phenols is 1. The van der Waals surface area contributed by atoms with Crippen LogP contribution in [0.15, 0.2) is 36.4 Å². The highest BCUT2D eigenvalue weighted by Crippen LogP contribution is 2.49. The lowest BCUT2D eigenvalue weighted by Crippen LogP contribution is -2.53. The minimum absolute atomic E-state index is 0.0553. The molecule has 0 saturated carbocycles. The molecule has 8 nitrogen and oxygen atoms in total. The molecule has 0 radical (unpaired) electrons.